The first-order valence-electron chi connectivity index (χ1n) is 10.0. The third-order valence-electron chi connectivity index (χ3n) is 4.92. The third kappa shape index (κ3) is 5.04. The lowest BCUT2D eigenvalue weighted by atomic mass is 10.1. The molecule has 0 atom stereocenters. The summed E-state index contributed by atoms with van der Waals surface area (Å²) in [6.07, 6.45) is 0.619. The summed E-state index contributed by atoms with van der Waals surface area (Å²) in [6.45, 7) is 0.137. The Kier molecular flexibility index (Phi) is 6.17. The molecule has 4 nitrogen and oxygen atoms in total. The number of halogens is 2. The summed E-state index contributed by atoms with van der Waals surface area (Å²) in [6, 6.07) is 24.1. The Balaban J connectivity index is 1.50. The summed E-state index contributed by atoms with van der Waals surface area (Å²) in [5.41, 5.74) is 3.44. The van der Waals surface area contributed by atoms with E-state index < -0.39 is 0 Å². The molecule has 1 N–H and O–H groups in total. The highest BCUT2D eigenvalue weighted by molar-refractivity contribution is 5.76. The van der Waals surface area contributed by atoms with Gasteiger partial charge in [0.05, 0.1) is 17.1 Å². The number of rotatable bonds is 7. The average Bonchev–Trinajstić information content (AvgIpc) is 3.22. The number of benzene rings is 3. The van der Waals surface area contributed by atoms with Crippen molar-refractivity contribution in [1.29, 1.82) is 0 Å². The van der Waals surface area contributed by atoms with Gasteiger partial charge < -0.3 is 5.32 Å². The van der Waals surface area contributed by atoms with Crippen LogP contribution in [0.1, 0.15) is 17.7 Å². The van der Waals surface area contributed by atoms with Crippen LogP contribution in [-0.4, -0.2) is 15.7 Å². The van der Waals surface area contributed by atoms with Gasteiger partial charge in [-0.3, -0.25) is 4.79 Å². The summed E-state index contributed by atoms with van der Waals surface area (Å²) in [7, 11) is 0. The quantitative estimate of drug-likeness (QED) is 0.457. The molecule has 1 aromatic heterocycles. The predicted molar refractivity (Wildman–Crippen MR) is 116 cm³/mol. The molecule has 0 saturated carbocycles. The molecular weight excluding hydrogens is 396 g/mol. The molecule has 0 bridgehead atoms. The molecule has 0 aliphatic carbocycles. The monoisotopic (exact) mass is 417 g/mol. The van der Waals surface area contributed by atoms with Crippen LogP contribution in [0.25, 0.3) is 16.9 Å². The minimum atomic E-state index is -0.343. The summed E-state index contributed by atoms with van der Waals surface area (Å²) in [4.78, 5) is 12.3. The molecule has 0 aliphatic heterocycles. The maximum atomic E-state index is 13.8. The van der Waals surface area contributed by atoms with Crippen molar-refractivity contribution in [3.8, 4) is 16.9 Å². The molecular formula is C25H21F2N3O. The number of nitrogens with zero attached hydrogens (tertiary/aromatic N) is 2. The van der Waals surface area contributed by atoms with E-state index in [1.54, 1.807) is 28.9 Å². The van der Waals surface area contributed by atoms with Crippen LogP contribution in [0.4, 0.5) is 8.78 Å². The lowest BCUT2D eigenvalue weighted by Gasteiger charge is -2.07. The normalized spacial score (nSPS) is 10.8. The van der Waals surface area contributed by atoms with Crippen LogP contribution in [0.2, 0.25) is 0 Å². The fourth-order valence-electron chi connectivity index (χ4n) is 3.34. The highest BCUT2D eigenvalue weighted by Gasteiger charge is 2.14. The average molecular weight is 417 g/mol. The molecule has 1 heterocycles. The molecule has 4 rings (SSSR count). The van der Waals surface area contributed by atoms with Crippen molar-refractivity contribution >= 4 is 5.91 Å². The molecule has 0 fully saturated rings. The largest absolute Gasteiger partial charge is 0.352 e. The Morgan fingerprint density at radius 2 is 1.68 bits per heavy atom. The number of aryl methyl sites for hydroxylation is 1. The second-order valence-electron chi connectivity index (χ2n) is 7.15. The fourth-order valence-corrected chi connectivity index (χ4v) is 3.34. The molecule has 156 valence electrons. The van der Waals surface area contributed by atoms with Crippen molar-refractivity contribution < 1.29 is 13.6 Å². The zero-order chi connectivity index (χ0) is 21.6. The molecule has 0 radical (unpaired) electrons. The van der Waals surface area contributed by atoms with Crippen molar-refractivity contribution in [1.82, 2.24) is 15.1 Å². The summed E-state index contributed by atoms with van der Waals surface area (Å²) >= 11 is 0. The fraction of sp³-hybridized carbons (Fsp3) is 0.120. The molecule has 0 unspecified atom stereocenters. The lowest BCUT2D eigenvalue weighted by Crippen LogP contribution is -2.23. The van der Waals surface area contributed by atoms with E-state index in [-0.39, 0.29) is 30.5 Å². The van der Waals surface area contributed by atoms with Gasteiger partial charge in [-0.05, 0) is 36.4 Å². The highest BCUT2D eigenvalue weighted by atomic mass is 19.1. The molecule has 1 amide bonds. The van der Waals surface area contributed by atoms with Gasteiger partial charge in [-0.25, -0.2) is 13.5 Å². The zero-order valence-electron chi connectivity index (χ0n) is 16.8. The van der Waals surface area contributed by atoms with Crippen molar-refractivity contribution in [2.24, 2.45) is 0 Å². The van der Waals surface area contributed by atoms with Gasteiger partial charge in [-0.15, -0.1) is 0 Å². The van der Waals surface area contributed by atoms with E-state index in [1.165, 1.54) is 18.2 Å². The topological polar surface area (TPSA) is 46.9 Å². The smallest absolute Gasteiger partial charge is 0.220 e. The summed E-state index contributed by atoms with van der Waals surface area (Å²) in [5, 5.41) is 7.38. The number of nitrogens with one attached hydrogen (secondary N) is 1. The van der Waals surface area contributed by atoms with E-state index in [0.717, 1.165) is 11.4 Å². The first kappa shape index (κ1) is 20.5. The number of hydrogen-bond donors (Lipinski definition) is 1. The van der Waals surface area contributed by atoms with Crippen LogP contribution >= 0.6 is 0 Å². The summed E-state index contributed by atoms with van der Waals surface area (Å²) in [5.74, 6) is -0.860. The van der Waals surface area contributed by atoms with Crippen LogP contribution in [0.15, 0.2) is 84.9 Å². The Hall–Kier alpha value is -3.80. The molecule has 6 heteroatoms. The molecule has 0 spiro atoms. The van der Waals surface area contributed by atoms with Gasteiger partial charge in [0.2, 0.25) is 5.91 Å². The van der Waals surface area contributed by atoms with Gasteiger partial charge >= 0.3 is 0 Å². The first-order chi connectivity index (χ1) is 15.1. The van der Waals surface area contributed by atoms with E-state index in [1.807, 2.05) is 42.5 Å². The van der Waals surface area contributed by atoms with E-state index >= 15 is 0 Å². The van der Waals surface area contributed by atoms with Gasteiger partial charge in [0.15, 0.2) is 0 Å². The van der Waals surface area contributed by atoms with E-state index in [2.05, 4.69) is 10.4 Å². The highest BCUT2D eigenvalue weighted by Crippen LogP contribution is 2.25. The van der Waals surface area contributed by atoms with Gasteiger partial charge in [-0.2, -0.15) is 5.10 Å². The maximum Gasteiger partial charge on any atom is 0.220 e. The second-order valence-corrected chi connectivity index (χ2v) is 7.15. The molecule has 3 aromatic carbocycles. The minimum absolute atomic E-state index is 0.137. The Labute approximate surface area is 179 Å². The Morgan fingerprint density at radius 3 is 2.45 bits per heavy atom. The van der Waals surface area contributed by atoms with E-state index in [9.17, 15) is 13.6 Å². The number of carbonyl (C=O) groups is 1. The maximum absolute atomic E-state index is 13.8. The number of para-hydroxylation sites is 1. The molecule has 0 saturated heterocycles. The van der Waals surface area contributed by atoms with Gasteiger partial charge in [0, 0.05) is 30.5 Å². The van der Waals surface area contributed by atoms with Gasteiger partial charge in [0.25, 0.3) is 0 Å². The number of amides is 1. The first-order valence-corrected chi connectivity index (χ1v) is 10.0. The Morgan fingerprint density at radius 1 is 0.903 bits per heavy atom. The van der Waals surface area contributed by atoms with Crippen molar-refractivity contribution in [2.45, 2.75) is 19.4 Å². The standard InChI is InChI=1S/C25H21F2N3O/c26-20-9-6-8-18(15-20)24-16-21(29-30(24)22-10-2-1-3-11-22)13-14-25(31)28-17-19-7-4-5-12-23(19)27/h1-12,15-16H,13-14,17H2,(H,28,31). The van der Waals surface area contributed by atoms with Crippen molar-refractivity contribution in [2.75, 3.05) is 0 Å². The SMILES string of the molecule is O=C(CCc1cc(-c2cccc(F)c2)n(-c2ccccc2)n1)NCc1ccccc1F. The van der Waals surface area contributed by atoms with E-state index in [0.29, 0.717) is 23.2 Å². The van der Waals surface area contributed by atoms with Crippen molar-refractivity contribution in [3.05, 3.63) is 108 Å². The number of carbonyl (C=O) groups excluding carboxylic acids is 1. The van der Waals surface area contributed by atoms with Crippen LogP contribution < -0.4 is 5.32 Å². The van der Waals surface area contributed by atoms with E-state index in [4.69, 9.17) is 0 Å². The van der Waals surface area contributed by atoms with Crippen LogP contribution in [-0.2, 0) is 17.8 Å². The molecule has 31 heavy (non-hydrogen) atoms. The van der Waals surface area contributed by atoms with Crippen LogP contribution in [0, 0.1) is 11.6 Å². The van der Waals surface area contributed by atoms with Crippen LogP contribution in [0.3, 0.4) is 0 Å². The lowest BCUT2D eigenvalue weighted by molar-refractivity contribution is -0.121. The minimum Gasteiger partial charge on any atom is -0.352 e. The van der Waals surface area contributed by atoms with Crippen LogP contribution in [0.5, 0.6) is 0 Å². The van der Waals surface area contributed by atoms with Crippen molar-refractivity contribution in [3.63, 3.8) is 0 Å². The molecule has 0 aliphatic rings. The Bertz CT molecular complexity index is 1190. The van der Waals surface area contributed by atoms with Gasteiger partial charge in [-0.1, -0.05) is 48.5 Å². The predicted octanol–water partition coefficient (Wildman–Crippen LogP) is 5.07. The third-order valence-corrected chi connectivity index (χ3v) is 4.92. The number of hydrogen-bond acceptors (Lipinski definition) is 2. The van der Waals surface area contributed by atoms with Gasteiger partial charge in [0.1, 0.15) is 11.6 Å². The zero-order valence-corrected chi connectivity index (χ0v) is 16.8. The summed E-state index contributed by atoms with van der Waals surface area (Å²) < 4.78 is 29.2. The molecule has 4 aromatic rings. The second kappa shape index (κ2) is 9.34. The number of aromatic nitrogens is 2.